The van der Waals surface area contributed by atoms with Gasteiger partial charge in [-0.2, -0.15) is 0 Å². The van der Waals surface area contributed by atoms with E-state index in [1.807, 2.05) is 25.1 Å². The second kappa shape index (κ2) is 4.18. The van der Waals surface area contributed by atoms with Crippen molar-refractivity contribution in [3.63, 3.8) is 0 Å². The Morgan fingerprint density at radius 1 is 1.23 bits per heavy atom. The Balaban J connectivity index is 3.01. The molecule has 0 aliphatic rings. The number of nitrogens with zero attached hydrogens (tertiary/aromatic N) is 1. The maximum Gasteiger partial charge on any atom is 0.0650 e. The molecule has 0 amide bonds. The van der Waals surface area contributed by atoms with Gasteiger partial charge in [0.25, 0.3) is 0 Å². The van der Waals surface area contributed by atoms with Crippen LogP contribution in [0.3, 0.4) is 0 Å². The van der Waals surface area contributed by atoms with Crippen molar-refractivity contribution in [3.8, 4) is 0 Å². The van der Waals surface area contributed by atoms with Gasteiger partial charge in [-0.15, -0.1) is 0 Å². The summed E-state index contributed by atoms with van der Waals surface area (Å²) in [4.78, 5) is 2.02. The topological polar surface area (TPSA) is 29.3 Å². The fraction of sp³-hybridized carbons (Fsp3) is 0.333. The number of hydrogen-bond donors (Lipinski definition) is 1. The van der Waals surface area contributed by atoms with Crippen molar-refractivity contribution in [1.29, 1.82) is 0 Å². The molecule has 0 aliphatic heterocycles. The van der Waals surface area contributed by atoms with Crippen LogP contribution < -0.4 is 5.73 Å². The number of nitrogen functional groups attached to an aromatic ring is 1. The Morgan fingerprint density at radius 3 is 2.38 bits per heavy atom. The summed E-state index contributed by atoms with van der Waals surface area (Å²) in [5.74, 6) is 0. The molecular weight excluding hydrogens is 207 g/mol. The minimum atomic E-state index is 0.507. The highest BCUT2D eigenvalue weighted by Gasteiger charge is 2.05. The summed E-state index contributed by atoms with van der Waals surface area (Å²) in [5, 5.41) is 1.17. The molecule has 0 spiro atoms. The summed E-state index contributed by atoms with van der Waals surface area (Å²) in [7, 11) is 3.95. The first kappa shape index (κ1) is 10.6. The molecule has 0 atom stereocenters. The van der Waals surface area contributed by atoms with Crippen LogP contribution in [-0.4, -0.2) is 19.0 Å². The quantitative estimate of drug-likeness (QED) is 0.774. The lowest BCUT2D eigenvalue weighted by atomic mass is 10.2. The zero-order valence-corrected chi connectivity index (χ0v) is 9.15. The van der Waals surface area contributed by atoms with Crippen LogP contribution in [0.1, 0.15) is 5.56 Å². The van der Waals surface area contributed by atoms with Crippen molar-refractivity contribution >= 4 is 28.9 Å². The van der Waals surface area contributed by atoms with Crippen LogP contribution in [0.5, 0.6) is 0 Å². The normalized spacial score (nSPS) is 10.8. The first-order valence-corrected chi connectivity index (χ1v) is 4.64. The standard InChI is InChI=1S/C9H12Cl2N2/c1-13(2)5-6-3-9(12)8(11)4-7(6)10/h3-4H,5,12H2,1-2H3. The molecule has 13 heavy (non-hydrogen) atoms. The molecule has 0 heterocycles. The van der Waals surface area contributed by atoms with Crippen LogP contribution in [0.4, 0.5) is 5.69 Å². The van der Waals surface area contributed by atoms with E-state index in [0.717, 1.165) is 12.1 Å². The van der Waals surface area contributed by atoms with E-state index in [2.05, 4.69) is 0 Å². The average Bonchev–Trinajstić information content (AvgIpc) is 1.99. The van der Waals surface area contributed by atoms with Gasteiger partial charge in [-0.1, -0.05) is 23.2 Å². The van der Waals surface area contributed by atoms with Crippen molar-refractivity contribution in [3.05, 3.63) is 27.7 Å². The zero-order chi connectivity index (χ0) is 10.0. The lowest BCUT2D eigenvalue weighted by Gasteiger charge is -2.12. The van der Waals surface area contributed by atoms with E-state index < -0.39 is 0 Å². The Morgan fingerprint density at radius 2 is 1.85 bits per heavy atom. The first-order valence-electron chi connectivity index (χ1n) is 3.89. The summed E-state index contributed by atoms with van der Waals surface area (Å²) in [6.45, 7) is 0.764. The van der Waals surface area contributed by atoms with Gasteiger partial charge in [0.2, 0.25) is 0 Å². The molecule has 0 unspecified atom stereocenters. The van der Waals surface area contributed by atoms with Crippen molar-refractivity contribution in [2.24, 2.45) is 0 Å². The van der Waals surface area contributed by atoms with Crippen LogP contribution >= 0.6 is 23.2 Å². The fourth-order valence-corrected chi connectivity index (χ4v) is 1.52. The Bertz CT molecular complexity index is 311. The first-order chi connectivity index (χ1) is 6.00. The maximum atomic E-state index is 5.98. The van der Waals surface area contributed by atoms with E-state index >= 15 is 0 Å². The van der Waals surface area contributed by atoms with Gasteiger partial charge in [-0.05, 0) is 31.8 Å². The molecule has 0 aliphatic carbocycles. The van der Waals surface area contributed by atoms with E-state index in [1.165, 1.54) is 0 Å². The van der Waals surface area contributed by atoms with E-state index in [1.54, 1.807) is 6.07 Å². The second-order valence-corrected chi connectivity index (χ2v) is 4.02. The number of nitrogens with two attached hydrogens (primary N) is 1. The van der Waals surface area contributed by atoms with Gasteiger partial charge < -0.3 is 10.6 Å². The van der Waals surface area contributed by atoms with E-state index in [0.29, 0.717) is 15.7 Å². The Labute approximate surface area is 88.2 Å². The predicted molar refractivity (Wildman–Crippen MR) is 58.3 cm³/mol. The number of halogens is 2. The van der Waals surface area contributed by atoms with Crippen molar-refractivity contribution in [2.75, 3.05) is 19.8 Å². The van der Waals surface area contributed by atoms with E-state index in [4.69, 9.17) is 28.9 Å². The Hall–Kier alpha value is -0.440. The van der Waals surface area contributed by atoms with Gasteiger partial charge in [0.1, 0.15) is 0 Å². The molecule has 0 bridgehead atoms. The number of benzene rings is 1. The summed E-state index contributed by atoms with van der Waals surface area (Å²) < 4.78 is 0. The van der Waals surface area contributed by atoms with Crippen molar-refractivity contribution in [2.45, 2.75) is 6.54 Å². The molecule has 1 rings (SSSR count). The molecular formula is C9H12Cl2N2. The number of anilines is 1. The molecule has 0 fully saturated rings. The third-order valence-electron chi connectivity index (χ3n) is 1.65. The summed E-state index contributed by atoms with van der Waals surface area (Å²) in [5.41, 5.74) is 7.22. The van der Waals surface area contributed by atoms with Crippen LogP contribution in [0.15, 0.2) is 12.1 Å². The highest BCUT2D eigenvalue weighted by atomic mass is 35.5. The van der Waals surface area contributed by atoms with Gasteiger partial charge >= 0.3 is 0 Å². The molecule has 0 saturated carbocycles. The largest absolute Gasteiger partial charge is 0.398 e. The van der Waals surface area contributed by atoms with Crippen LogP contribution in [0.25, 0.3) is 0 Å². The third-order valence-corrected chi connectivity index (χ3v) is 2.33. The third kappa shape index (κ3) is 2.76. The van der Waals surface area contributed by atoms with E-state index in [-0.39, 0.29) is 0 Å². The number of hydrogen-bond acceptors (Lipinski definition) is 2. The molecule has 72 valence electrons. The molecule has 0 aromatic heterocycles. The lowest BCUT2D eigenvalue weighted by molar-refractivity contribution is 0.402. The average molecular weight is 219 g/mol. The van der Waals surface area contributed by atoms with Crippen molar-refractivity contribution in [1.82, 2.24) is 4.90 Å². The molecule has 4 heteroatoms. The maximum absolute atomic E-state index is 5.98. The minimum absolute atomic E-state index is 0.507. The highest BCUT2D eigenvalue weighted by Crippen LogP contribution is 2.27. The zero-order valence-electron chi connectivity index (χ0n) is 7.64. The molecule has 2 N–H and O–H groups in total. The SMILES string of the molecule is CN(C)Cc1cc(N)c(Cl)cc1Cl. The highest BCUT2D eigenvalue weighted by molar-refractivity contribution is 6.36. The van der Waals surface area contributed by atoms with Gasteiger partial charge in [0, 0.05) is 11.6 Å². The number of rotatable bonds is 2. The summed E-state index contributed by atoms with van der Waals surface area (Å²) in [6.07, 6.45) is 0. The molecule has 2 nitrogen and oxygen atoms in total. The predicted octanol–water partition coefficient (Wildman–Crippen LogP) is 2.64. The van der Waals surface area contributed by atoms with Gasteiger partial charge in [0.05, 0.1) is 10.7 Å². The minimum Gasteiger partial charge on any atom is -0.398 e. The van der Waals surface area contributed by atoms with Crippen molar-refractivity contribution < 1.29 is 0 Å². The molecule has 1 aromatic carbocycles. The second-order valence-electron chi connectivity index (χ2n) is 3.20. The summed E-state index contributed by atoms with van der Waals surface area (Å²) in [6, 6.07) is 3.49. The van der Waals surface area contributed by atoms with Crippen LogP contribution in [0, 0.1) is 0 Å². The molecule has 0 saturated heterocycles. The molecule has 1 aromatic rings. The van der Waals surface area contributed by atoms with Crippen LogP contribution in [0.2, 0.25) is 10.0 Å². The van der Waals surface area contributed by atoms with Crippen LogP contribution in [-0.2, 0) is 6.54 Å². The van der Waals surface area contributed by atoms with E-state index in [9.17, 15) is 0 Å². The smallest absolute Gasteiger partial charge is 0.0650 e. The summed E-state index contributed by atoms with van der Waals surface area (Å²) >= 11 is 11.8. The lowest BCUT2D eigenvalue weighted by Crippen LogP contribution is -2.11. The Kier molecular flexibility index (Phi) is 3.42. The monoisotopic (exact) mass is 218 g/mol. The van der Waals surface area contributed by atoms with Gasteiger partial charge in [0.15, 0.2) is 0 Å². The fourth-order valence-electron chi connectivity index (χ4n) is 1.07. The van der Waals surface area contributed by atoms with Gasteiger partial charge in [-0.25, -0.2) is 0 Å². The molecule has 0 radical (unpaired) electrons. The van der Waals surface area contributed by atoms with Gasteiger partial charge in [-0.3, -0.25) is 0 Å².